The van der Waals surface area contributed by atoms with Gasteiger partial charge in [0.2, 0.25) is 0 Å². The van der Waals surface area contributed by atoms with Crippen LogP contribution in [-0.4, -0.2) is 23.0 Å². The molecule has 1 fully saturated rings. The van der Waals surface area contributed by atoms with Gasteiger partial charge in [-0.3, -0.25) is 4.90 Å². The lowest BCUT2D eigenvalue weighted by atomic mass is 10.1. The smallest absolute Gasteiger partial charge is 0.133 e. The molecule has 1 saturated carbocycles. The lowest BCUT2D eigenvalue weighted by molar-refractivity contribution is 0.255. The van der Waals surface area contributed by atoms with Crippen molar-refractivity contribution in [1.82, 2.24) is 4.90 Å². The molecule has 0 aromatic heterocycles. The van der Waals surface area contributed by atoms with Gasteiger partial charge in [-0.2, -0.15) is 0 Å². The molecule has 0 radical (unpaired) electrons. The fraction of sp³-hybridized carbons (Fsp3) is 0.533. The summed E-state index contributed by atoms with van der Waals surface area (Å²) in [4.78, 5) is 2.57. The summed E-state index contributed by atoms with van der Waals surface area (Å²) in [5.41, 5.74) is 6.98. The Morgan fingerprint density at radius 1 is 1.47 bits per heavy atom. The van der Waals surface area contributed by atoms with E-state index in [1.165, 1.54) is 18.9 Å². The average Bonchev–Trinajstić information content (AvgIpc) is 3.15. The van der Waals surface area contributed by atoms with Gasteiger partial charge in [-0.05, 0) is 49.4 Å². The Balaban J connectivity index is 2.06. The first-order valence-electron chi connectivity index (χ1n) is 6.90. The second-order valence-electron chi connectivity index (χ2n) is 5.36. The third-order valence-electron chi connectivity index (χ3n) is 3.46. The normalized spacial score (nSPS) is 14.9. The maximum absolute atomic E-state index is 13.5. The van der Waals surface area contributed by atoms with E-state index in [-0.39, 0.29) is 10.8 Å². The Labute approximate surface area is 119 Å². The summed E-state index contributed by atoms with van der Waals surface area (Å²) in [6.45, 7) is 5.26. The molecule has 0 aliphatic heterocycles. The van der Waals surface area contributed by atoms with E-state index < -0.39 is 0 Å². The van der Waals surface area contributed by atoms with Crippen LogP contribution >= 0.6 is 12.2 Å². The second kappa shape index (κ2) is 6.44. The summed E-state index contributed by atoms with van der Waals surface area (Å²) in [6.07, 6.45) is 3.83. The average molecular weight is 280 g/mol. The third-order valence-corrected chi connectivity index (χ3v) is 3.68. The fourth-order valence-corrected chi connectivity index (χ4v) is 2.49. The molecule has 0 saturated heterocycles. The van der Waals surface area contributed by atoms with E-state index >= 15 is 0 Å². The highest BCUT2D eigenvalue weighted by molar-refractivity contribution is 7.80. The van der Waals surface area contributed by atoms with Gasteiger partial charge in [-0.15, -0.1) is 0 Å². The number of thiocarbonyl (C=S) groups is 1. The molecule has 1 aliphatic carbocycles. The summed E-state index contributed by atoms with van der Waals surface area (Å²) in [6, 6.07) is 5.07. The van der Waals surface area contributed by atoms with E-state index in [9.17, 15) is 4.39 Å². The summed E-state index contributed by atoms with van der Waals surface area (Å²) < 4.78 is 13.5. The van der Waals surface area contributed by atoms with Gasteiger partial charge in [0, 0.05) is 18.7 Å². The molecule has 19 heavy (non-hydrogen) atoms. The van der Waals surface area contributed by atoms with E-state index in [0.29, 0.717) is 5.56 Å². The Hall–Kier alpha value is -1.00. The van der Waals surface area contributed by atoms with Gasteiger partial charge in [-0.1, -0.05) is 25.2 Å². The van der Waals surface area contributed by atoms with E-state index in [4.69, 9.17) is 18.0 Å². The molecule has 2 nitrogen and oxygen atoms in total. The quantitative estimate of drug-likeness (QED) is 0.778. The molecule has 0 amide bonds. The van der Waals surface area contributed by atoms with Crippen LogP contribution in [-0.2, 0) is 6.54 Å². The minimum Gasteiger partial charge on any atom is -0.389 e. The third kappa shape index (κ3) is 4.25. The largest absolute Gasteiger partial charge is 0.389 e. The maximum Gasteiger partial charge on any atom is 0.133 e. The van der Waals surface area contributed by atoms with E-state index in [2.05, 4.69) is 11.8 Å². The highest BCUT2D eigenvalue weighted by atomic mass is 32.1. The van der Waals surface area contributed by atoms with Crippen molar-refractivity contribution in [2.24, 2.45) is 11.7 Å². The fourth-order valence-electron chi connectivity index (χ4n) is 2.33. The summed E-state index contributed by atoms with van der Waals surface area (Å²) in [5, 5.41) is 0. The van der Waals surface area contributed by atoms with Crippen molar-refractivity contribution in [1.29, 1.82) is 0 Å². The molecule has 0 atom stereocenters. The predicted octanol–water partition coefficient (Wildman–Crippen LogP) is 3.08. The highest BCUT2D eigenvalue weighted by Crippen LogP contribution is 2.30. The molecule has 1 aliphatic rings. The summed E-state index contributed by atoms with van der Waals surface area (Å²) in [7, 11) is 0. The molecule has 0 heterocycles. The Morgan fingerprint density at radius 2 is 2.21 bits per heavy atom. The van der Waals surface area contributed by atoms with Crippen LogP contribution in [0.5, 0.6) is 0 Å². The van der Waals surface area contributed by atoms with Crippen molar-refractivity contribution >= 4 is 17.2 Å². The van der Waals surface area contributed by atoms with Gasteiger partial charge >= 0.3 is 0 Å². The zero-order chi connectivity index (χ0) is 13.8. The number of hydrogen-bond acceptors (Lipinski definition) is 2. The summed E-state index contributed by atoms with van der Waals surface area (Å²) in [5.74, 6) is 0.530. The first kappa shape index (κ1) is 14.4. The first-order chi connectivity index (χ1) is 9.10. The van der Waals surface area contributed by atoms with Gasteiger partial charge < -0.3 is 5.73 Å². The molecule has 1 aromatic rings. The van der Waals surface area contributed by atoms with Gasteiger partial charge in [0.15, 0.2) is 0 Å². The molecule has 2 N–H and O–H groups in total. The Morgan fingerprint density at radius 3 is 2.79 bits per heavy atom. The van der Waals surface area contributed by atoms with Crippen molar-refractivity contribution < 1.29 is 4.39 Å². The van der Waals surface area contributed by atoms with Gasteiger partial charge in [0.05, 0.1) is 0 Å². The minimum atomic E-state index is -0.333. The van der Waals surface area contributed by atoms with Crippen LogP contribution in [0.2, 0.25) is 0 Å². The Kier molecular flexibility index (Phi) is 4.88. The predicted molar refractivity (Wildman–Crippen MR) is 80.6 cm³/mol. The lowest BCUT2D eigenvalue weighted by Crippen LogP contribution is -2.26. The van der Waals surface area contributed by atoms with Gasteiger partial charge in [0.25, 0.3) is 0 Å². The van der Waals surface area contributed by atoms with Crippen LogP contribution in [0.1, 0.15) is 37.3 Å². The number of nitrogens with zero attached hydrogens (tertiary/aromatic N) is 1. The van der Waals surface area contributed by atoms with Gasteiger partial charge in [0.1, 0.15) is 10.8 Å². The molecular formula is C15H21FN2S. The minimum absolute atomic E-state index is 0.128. The topological polar surface area (TPSA) is 29.3 Å². The Bertz CT molecular complexity index is 457. The van der Waals surface area contributed by atoms with Gasteiger partial charge in [-0.25, -0.2) is 4.39 Å². The molecule has 0 spiro atoms. The number of halogens is 1. The van der Waals surface area contributed by atoms with Crippen LogP contribution in [0.25, 0.3) is 0 Å². The molecular weight excluding hydrogens is 259 g/mol. The highest BCUT2D eigenvalue weighted by Gasteiger charge is 2.24. The SMILES string of the molecule is CCCN(Cc1ccc(F)c(C(N)=S)c1)CC1CC1. The van der Waals surface area contributed by atoms with Crippen LogP contribution < -0.4 is 5.73 Å². The molecule has 4 heteroatoms. The van der Waals surface area contributed by atoms with E-state index in [1.807, 2.05) is 6.07 Å². The van der Waals surface area contributed by atoms with E-state index in [1.54, 1.807) is 6.07 Å². The van der Waals surface area contributed by atoms with Crippen molar-refractivity contribution in [3.8, 4) is 0 Å². The molecule has 2 rings (SSSR count). The molecule has 104 valence electrons. The number of nitrogens with two attached hydrogens (primary N) is 1. The standard InChI is InChI=1S/C15H21FN2S/c1-2-7-18(9-11-3-4-11)10-12-5-6-14(16)13(8-12)15(17)19/h5-6,8,11H,2-4,7,9-10H2,1H3,(H2,17,19). The van der Waals surface area contributed by atoms with E-state index in [0.717, 1.165) is 37.5 Å². The van der Waals surface area contributed by atoms with Crippen LogP contribution in [0.4, 0.5) is 4.39 Å². The zero-order valence-corrected chi connectivity index (χ0v) is 12.2. The zero-order valence-electron chi connectivity index (χ0n) is 11.4. The molecule has 0 bridgehead atoms. The number of benzene rings is 1. The van der Waals surface area contributed by atoms with Crippen LogP contribution in [0.3, 0.4) is 0 Å². The van der Waals surface area contributed by atoms with Crippen LogP contribution in [0.15, 0.2) is 18.2 Å². The molecule has 1 aromatic carbocycles. The number of hydrogen-bond donors (Lipinski definition) is 1. The second-order valence-corrected chi connectivity index (χ2v) is 5.80. The van der Waals surface area contributed by atoms with Crippen molar-refractivity contribution in [3.05, 3.63) is 35.1 Å². The lowest BCUT2D eigenvalue weighted by Gasteiger charge is -2.22. The number of rotatable bonds is 7. The molecule has 0 unspecified atom stereocenters. The monoisotopic (exact) mass is 280 g/mol. The maximum atomic E-state index is 13.5. The first-order valence-corrected chi connectivity index (χ1v) is 7.31. The van der Waals surface area contributed by atoms with Crippen LogP contribution in [0, 0.1) is 11.7 Å². The summed E-state index contributed by atoms with van der Waals surface area (Å²) >= 11 is 4.88. The van der Waals surface area contributed by atoms with Crippen molar-refractivity contribution in [2.45, 2.75) is 32.7 Å². The van der Waals surface area contributed by atoms with Crippen molar-refractivity contribution in [3.63, 3.8) is 0 Å². The van der Waals surface area contributed by atoms with Crippen molar-refractivity contribution in [2.75, 3.05) is 13.1 Å².